The molecule has 1 atom stereocenters. The van der Waals surface area contributed by atoms with Crippen LogP contribution in [-0.4, -0.2) is 62.9 Å². The second-order valence-electron chi connectivity index (χ2n) is 8.68. The normalized spacial score (nSPS) is 19.8. The minimum absolute atomic E-state index is 0.0247. The molecule has 2 saturated heterocycles. The molecule has 2 fully saturated rings. The van der Waals surface area contributed by atoms with Gasteiger partial charge < -0.3 is 14.2 Å². The van der Waals surface area contributed by atoms with E-state index in [1.54, 1.807) is 29.3 Å². The van der Waals surface area contributed by atoms with Crippen molar-refractivity contribution in [3.05, 3.63) is 41.1 Å². The first-order chi connectivity index (χ1) is 16.1. The number of piperidine rings is 1. The number of carbonyl (C=O) groups excluding carboxylic acids is 2. The highest BCUT2D eigenvalue weighted by Gasteiger charge is 2.30. The summed E-state index contributed by atoms with van der Waals surface area (Å²) in [7, 11) is 0. The average Bonchev–Trinajstić information content (AvgIpc) is 3.52. The summed E-state index contributed by atoms with van der Waals surface area (Å²) in [6.45, 7) is 2.65. The number of halogens is 1. The molecular weight excluding hydrogens is 446 g/mol. The number of aromatic nitrogens is 4. The number of likely N-dealkylation sites (tertiary alicyclic amines) is 1. The molecule has 174 valence electrons. The third-order valence-electron chi connectivity index (χ3n) is 6.52. The quantitative estimate of drug-likeness (QED) is 0.557. The molecule has 3 aromatic rings. The Morgan fingerprint density at radius 3 is 2.76 bits per heavy atom. The number of nitrogens with zero attached hydrogens (tertiary/aromatic N) is 5. The van der Waals surface area contributed by atoms with Gasteiger partial charge in [-0.25, -0.2) is 4.68 Å². The van der Waals surface area contributed by atoms with Crippen molar-refractivity contribution in [3.63, 3.8) is 0 Å². The summed E-state index contributed by atoms with van der Waals surface area (Å²) in [4.78, 5) is 32.0. The van der Waals surface area contributed by atoms with Crippen molar-refractivity contribution in [2.24, 2.45) is 0 Å². The highest BCUT2D eigenvalue weighted by atomic mass is 35.5. The molecule has 1 aromatic carbocycles. The van der Waals surface area contributed by atoms with E-state index in [9.17, 15) is 9.59 Å². The molecule has 2 aromatic heterocycles. The largest absolute Gasteiger partial charge is 0.381 e. The maximum Gasteiger partial charge on any atom is 0.247 e. The topological polar surface area (TPSA) is 103 Å². The van der Waals surface area contributed by atoms with Gasteiger partial charge >= 0.3 is 0 Å². The van der Waals surface area contributed by atoms with Crippen LogP contribution in [0.4, 0.5) is 0 Å². The van der Waals surface area contributed by atoms with Crippen molar-refractivity contribution in [1.29, 1.82) is 0 Å². The molecule has 0 spiro atoms. The first-order valence-corrected chi connectivity index (χ1v) is 11.8. The van der Waals surface area contributed by atoms with E-state index in [0.717, 1.165) is 50.1 Å². The first kappa shape index (κ1) is 22.0. The summed E-state index contributed by atoms with van der Waals surface area (Å²) < 4.78 is 12.3. The molecule has 2 aliphatic heterocycles. The Hall–Kier alpha value is -2.78. The molecule has 5 rings (SSSR count). The summed E-state index contributed by atoms with van der Waals surface area (Å²) >= 11 is 6.17. The zero-order valence-corrected chi connectivity index (χ0v) is 19.0. The molecule has 0 aliphatic carbocycles. The SMILES string of the molecule is O=C(CCC(=O)n1ncc2c(Cl)cccc21)N1CCCC(c2nc(C3CCOCC3)no2)C1. The number of hydrogen-bond acceptors (Lipinski definition) is 7. The smallest absolute Gasteiger partial charge is 0.247 e. The summed E-state index contributed by atoms with van der Waals surface area (Å²) in [5, 5.41) is 9.62. The lowest BCUT2D eigenvalue weighted by Gasteiger charge is -2.31. The number of amides is 1. The van der Waals surface area contributed by atoms with Gasteiger partial charge in [-0.2, -0.15) is 10.1 Å². The van der Waals surface area contributed by atoms with Gasteiger partial charge in [-0.1, -0.05) is 22.8 Å². The van der Waals surface area contributed by atoms with E-state index in [2.05, 4.69) is 15.2 Å². The van der Waals surface area contributed by atoms with Gasteiger partial charge in [0, 0.05) is 50.4 Å². The second-order valence-corrected chi connectivity index (χ2v) is 9.09. The lowest BCUT2D eigenvalue weighted by molar-refractivity contribution is -0.132. The highest BCUT2D eigenvalue weighted by molar-refractivity contribution is 6.35. The van der Waals surface area contributed by atoms with Crippen molar-refractivity contribution < 1.29 is 18.8 Å². The Kier molecular flexibility index (Phi) is 6.41. The molecular formula is C23H26ClN5O4. The van der Waals surface area contributed by atoms with Crippen LogP contribution in [0.5, 0.6) is 0 Å². The van der Waals surface area contributed by atoms with Gasteiger partial charge in [0.1, 0.15) is 0 Å². The molecule has 1 amide bonds. The van der Waals surface area contributed by atoms with Crippen LogP contribution in [0.25, 0.3) is 10.9 Å². The molecule has 33 heavy (non-hydrogen) atoms. The van der Waals surface area contributed by atoms with E-state index in [4.69, 9.17) is 20.9 Å². The lowest BCUT2D eigenvalue weighted by atomic mass is 9.97. The van der Waals surface area contributed by atoms with E-state index >= 15 is 0 Å². The fourth-order valence-electron chi connectivity index (χ4n) is 4.63. The van der Waals surface area contributed by atoms with Crippen LogP contribution in [-0.2, 0) is 9.53 Å². The first-order valence-electron chi connectivity index (χ1n) is 11.4. The zero-order valence-electron chi connectivity index (χ0n) is 18.3. The second kappa shape index (κ2) is 9.61. The van der Waals surface area contributed by atoms with Crippen LogP contribution in [0.2, 0.25) is 5.02 Å². The Labute approximate surface area is 196 Å². The summed E-state index contributed by atoms with van der Waals surface area (Å²) in [5.74, 6) is 1.37. The third-order valence-corrected chi connectivity index (χ3v) is 6.85. The van der Waals surface area contributed by atoms with Crippen LogP contribution in [0.3, 0.4) is 0 Å². The van der Waals surface area contributed by atoms with Crippen LogP contribution >= 0.6 is 11.6 Å². The molecule has 4 heterocycles. The molecule has 0 saturated carbocycles. The lowest BCUT2D eigenvalue weighted by Crippen LogP contribution is -2.39. The molecule has 0 bridgehead atoms. The summed E-state index contributed by atoms with van der Waals surface area (Å²) in [5.41, 5.74) is 0.648. The Bertz CT molecular complexity index is 1150. The average molecular weight is 472 g/mol. The maximum atomic E-state index is 12.9. The maximum absolute atomic E-state index is 12.9. The van der Waals surface area contributed by atoms with Crippen LogP contribution in [0, 0.1) is 0 Å². The summed E-state index contributed by atoms with van der Waals surface area (Å²) in [6.07, 6.45) is 5.35. The Balaban J connectivity index is 1.18. The Morgan fingerprint density at radius 2 is 1.91 bits per heavy atom. The minimum Gasteiger partial charge on any atom is -0.381 e. The van der Waals surface area contributed by atoms with Gasteiger partial charge in [0.15, 0.2) is 5.82 Å². The molecule has 1 unspecified atom stereocenters. The van der Waals surface area contributed by atoms with E-state index in [0.29, 0.717) is 29.5 Å². The van der Waals surface area contributed by atoms with Crippen LogP contribution < -0.4 is 0 Å². The van der Waals surface area contributed by atoms with Crippen molar-refractivity contribution >= 4 is 34.3 Å². The fourth-order valence-corrected chi connectivity index (χ4v) is 4.85. The van der Waals surface area contributed by atoms with Gasteiger partial charge in [0.25, 0.3) is 0 Å². The number of carbonyl (C=O) groups is 2. The van der Waals surface area contributed by atoms with Gasteiger partial charge in [-0.15, -0.1) is 0 Å². The predicted molar refractivity (Wildman–Crippen MR) is 120 cm³/mol. The zero-order chi connectivity index (χ0) is 22.8. The standard InChI is InChI=1S/C23H26ClN5O4/c24-18-4-1-5-19-17(18)13-25-29(19)21(31)7-6-20(30)28-10-2-3-16(14-28)23-26-22(27-33-23)15-8-11-32-12-9-15/h1,4-5,13,15-16H,2-3,6-12,14H2. The molecule has 9 nitrogen and oxygen atoms in total. The number of hydrogen-bond donors (Lipinski definition) is 0. The van der Waals surface area contributed by atoms with E-state index < -0.39 is 0 Å². The van der Waals surface area contributed by atoms with Crippen molar-refractivity contribution in [1.82, 2.24) is 24.8 Å². The van der Waals surface area contributed by atoms with Gasteiger partial charge in [0.05, 0.1) is 22.7 Å². The van der Waals surface area contributed by atoms with Crippen molar-refractivity contribution in [2.75, 3.05) is 26.3 Å². The molecule has 0 N–H and O–H groups in total. The molecule has 10 heteroatoms. The fraction of sp³-hybridized carbons (Fsp3) is 0.522. The molecule has 0 radical (unpaired) electrons. The van der Waals surface area contributed by atoms with Gasteiger partial charge in [0.2, 0.25) is 17.7 Å². The third kappa shape index (κ3) is 4.65. The summed E-state index contributed by atoms with van der Waals surface area (Å²) in [6, 6.07) is 5.33. The van der Waals surface area contributed by atoms with E-state index in [1.165, 1.54) is 4.68 Å². The van der Waals surface area contributed by atoms with E-state index in [1.807, 2.05) is 0 Å². The van der Waals surface area contributed by atoms with Gasteiger partial charge in [-0.3, -0.25) is 9.59 Å². The van der Waals surface area contributed by atoms with Crippen molar-refractivity contribution in [3.8, 4) is 0 Å². The number of fused-ring (bicyclic) bond motifs is 1. The monoisotopic (exact) mass is 471 g/mol. The minimum atomic E-state index is -0.229. The highest BCUT2D eigenvalue weighted by Crippen LogP contribution is 2.30. The van der Waals surface area contributed by atoms with E-state index in [-0.39, 0.29) is 36.5 Å². The molecule has 2 aliphatic rings. The number of benzene rings is 1. The van der Waals surface area contributed by atoms with Crippen LogP contribution in [0.1, 0.15) is 66.9 Å². The van der Waals surface area contributed by atoms with Crippen LogP contribution in [0.15, 0.2) is 28.9 Å². The van der Waals surface area contributed by atoms with Gasteiger partial charge in [-0.05, 0) is 37.8 Å². The number of rotatable bonds is 5. The van der Waals surface area contributed by atoms with Crippen molar-refractivity contribution in [2.45, 2.75) is 50.4 Å². The number of ether oxygens (including phenoxy) is 1. The Morgan fingerprint density at radius 1 is 1.09 bits per heavy atom. The predicted octanol–water partition coefficient (Wildman–Crippen LogP) is 3.79.